The third-order valence-corrected chi connectivity index (χ3v) is 3.30. The SMILES string of the molecule is CCN1CCOC(CNCc2ccoc2C(=O)O)C1. The molecule has 1 fully saturated rings. The topological polar surface area (TPSA) is 74.9 Å². The normalized spacial score (nSPS) is 20.6. The van der Waals surface area contributed by atoms with Gasteiger partial charge in [-0.15, -0.1) is 0 Å². The third kappa shape index (κ3) is 3.79. The van der Waals surface area contributed by atoms with Crippen molar-refractivity contribution < 1.29 is 19.1 Å². The van der Waals surface area contributed by atoms with E-state index < -0.39 is 5.97 Å². The molecule has 0 radical (unpaired) electrons. The molecule has 106 valence electrons. The lowest BCUT2D eigenvalue weighted by atomic mass is 10.2. The quantitative estimate of drug-likeness (QED) is 0.794. The molecule has 0 spiro atoms. The second kappa shape index (κ2) is 6.70. The summed E-state index contributed by atoms with van der Waals surface area (Å²) in [6.45, 7) is 7.01. The Bertz CT molecular complexity index is 419. The number of hydrogen-bond acceptors (Lipinski definition) is 5. The zero-order valence-electron chi connectivity index (χ0n) is 11.1. The van der Waals surface area contributed by atoms with E-state index >= 15 is 0 Å². The molecule has 2 rings (SSSR count). The van der Waals surface area contributed by atoms with Crippen LogP contribution in [0.2, 0.25) is 0 Å². The van der Waals surface area contributed by atoms with Crippen molar-refractivity contribution >= 4 is 5.97 Å². The van der Waals surface area contributed by atoms with Crippen LogP contribution in [0.1, 0.15) is 23.0 Å². The summed E-state index contributed by atoms with van der Waals surface area (Å²) in [5.41, 5.74) is 0.663. The van der Waals surface area contributed by atoms with Crippen molar-refractivity contribution in [2.45, 2.75) is 19.6 Å². The number of ether oxygens (including phenoxy) is 1. The van der Waals surface area contributed by atoms with Gasteiger partial charge in [0.2, 0.25) is 5.76 Å². The number of likely N-dealkylation sites (N-methyl/N-ethyl adjacent to an activating group) is 1. The smallest absolute Gasteiger partial charge is 0.372 e. The molecule has 2 N–H and O–H groups in total. The molecule has 19 heavy (non-hydrogen) atoms. The Balaban J connectivity index is 1.77. The molecule has 0 aromatic carbocycles. The lowest BCUT2D eigenvalue weighted by Crippen LogP contribution is -2.46. The van der Waals surface area contributed by atoms with Crippen molar-refractivity contribution in [1.29, 1.82) is 0 Å². The minimum Gasteiger partial charge on any atom is -0.475 e. The number of carboxylic acid groups (broad SMARTS) is 1. The summed E-state index contributed by atoms with van der Waals surface area (Å²) in [6, 6.07) is 1.68. The Hall–Kier alpha value is -1.37. The largest absolute Gasteiger partial charge is 0.475 e. The molecule has 1 atom stereocenters. The van der Waals surface area contributed by atoms with Gasteiger partial charge < -0.3 is 19.6 Å². The van der Waals surface area contributed by atoms with Crippen molar-refractivity contribution in [3.8, 4) is 0 Å². The first-order valence-corrected chi connectivity index (χ1v) is 6.55. The molecule has 0 saturated carbocycles. The first-order valence-electron chi connectivity index (χ1n) is 6.55. The molecule has 1 unspecified atom stereocenters. The fourth-order valence-corrected chi connectivity index (χ4v) is 2.22. The van der Waals surface area contributed by atoms with Crippen LogP contribution in [0.4, 0.5) is 0 Å². The molecule has 1 saturated heterocycles. The number of aromatic carboxylic acids is 1. The predicted molar refractivity (Wildman–Crippen MR) is 69.2 cm³/mol. The van der Waals surface area contributed by atoms with E-state index in [-0.39, 0.29) is 11.9 Å². The van der Waals surface area contributed by atoms with Crippen molar-refractivity contribution in [2.75, 3.05) is 32.8 Å². The Morgan fingerprint density at radius 3 is 3.21 bits per heavy atom. The van der Waals surface area contributed by atoms with Gasteiger partial charge in [-0.2, -0.15) is 0 Å². The maximum absolute atomic E-state index is 10.9. The van der Waals surface area contributed by atoms with E-state index in [1.807, 2.05) is 0 Å². The summed E-state index contributed by atoms with van der Waals surface area (Å²) in [4.78, 5) is 13.2. The minimum absolute atomic E-state index is 0.00671. The lowest BCUT2D eigenvalue weighted by Gasteiger charge is -2.32. The van der Waals surface area contributed by atoms with Crippen LogP contribution in [-0.2, 0) is 11.3 Å². The summed E-state index contributed by atoms with van der Waals surface area (Å²) >= 11 is 0. The van der Waals surface area contributed by atoms with E-state index in [0.29, 0.717) is 18.7 Å². The number of hydrogen-bond donors (Lipinski definition) is 2. The zero-order valence-corrected chi connectivity index (χ0v) is 11.1. The third-order valence-electron chi connectivity index (χ3n) is 3.30. The van der Waals surface area contributed by atoms with Gasteiger partial charge in [0.05, 0.1) is 19.0 Å². The summed E-state index contributed by atoms with van der Waals surface area (Å²) in [6.07, 6.45) is 1.56. The molecule has 1 aliphatic heterocycles. The average Bonchev–Trinajstić information content (AvgIpc) is 2.87. The van der Waals surface area contributed by atoms with Crippen molar-refractivity contribution in [2.24, 2.45) is 0 Å². The van der Waals surface area contributed by atoms with Gasteiger partial charge in [0.1, 0.15) is 0 Å². The van der Waals surface area contributed by atoms with E-state index in [2.05, 4.69) is 17.1 Å². The highest BCUT2D eigenvalue weighted by Crippen LogP contribution is 2.10. The number of morpholine rings is 1. The molecule has 0 aliphatic carbocycles. The molecule has 1 aliphatic rings. The first kappa shape index (κ1) is 14.0. The molecule has 6 heteroatoms. The molecule has 1 aromatic heterocycles. The van der Waals surface area contributed by atoms with Gasteiger partial charge in [-0.05, 0) is 12.6 Å². The summed E-state index contributed by atoms with van der Waals surface area (Å²) in [7, 11) is 0. The number of carboxylic acids is 1. The Kier molecular flexibility index (Phi) is 4.95. The van der Waals surface area contributed by atoms with E-state index in [1.165, 1.54) is 6.26 Å². The summed E-state index contributed by atoms with van der Waals surface area (Å²) < 4.78 is 10.6. The van der Waals surface area contributed by atoms with Gasteiger partial charge >= 0.3 is 5.97 Å². The zero-order chi connectivity index (χ0) is 13.7. The number of nitrogens with one attached hydrogen (secondary N) is 1. The van der Waals surface area contributed by atoms with Crippen LogP contribution >= 0.6 is 0 Å². The van der Waals surface area contributed by atoms with E-state index in [1.54, 1.807) is 6.07 Å². The molecule has 6 nitrogen and oxygen atoms in total. The van der Waals surface area contributed by atoms with Gasteiger partial charge in [0.15, 0.2) is 0 Å². The Morgan fingerprint density at radius 1 is 1.63 bits per heavy atom. The maximum Gasteiger partial charge on any atom is 0.372 e. The Labute approximate surface area is 112 Å². The van der Waals surface area contributed by atoms with Crippen molar-refractivity contribution in [3.05, 3.63) is 23.7 Å². The van der Waals surface area contributed by atoms with Crippen molar-refractivity contribution in [1.82, 2.24) is 10.2 Å². The van der Waals surface area contributed by atoms with Crippen LogP contribution in [0.25, 0.3) is 0 Å². The first-order chi connectivity index (χ1) is 9.20. The van der Waals surface area contributed by atoms with Crippen molar-refractivity contribution in [3.63, 3.8) is 0 Å². The van der Waals surface area contributed by atoms with Crippen LogP contribution in [-0.4, -0.2) is 54.9 Å². The molecule has 0 amide bonds. The molecule has 1 aromatic rings. The molecule has 2 heterocycles. The summed E-state index contributed by atoms with van der Waals surface area (Å²) in [5.74, 6) is -1.03. The highest BCUT2D eigenvalue weighted by Gasteiger charge is 2.19. The van der Waals surface area contributed by atoms with Gasteiger partial charge in [-0.1, -0.05) is 6.92 Å². The van der Waals surface area contributed by atoms with Gasteiger partial charge in [0.25, 0.3) is 0 Å². The lowest BCUT2D eigenvalue weighted by molar-refractivity contribution is -0.0253. The monoisotopic (exact) mass is 268 g/mol. The standard InChI is InChI=1S/C13H20N2O4/c1-2-15-4-6-18-11(9-15)8-14-7-10-3-5-19-12(10)13(16)17/h3,5,11,14H,2,4,6-9H2,1H3,(H,16,17). The minimum atomic E-state index is -1.03. The summed E-state index contributed by atoms with van der Waals surface area (Å²) in [5, 5.41) is 12.1. The van der Waals surface area contributed by atoms with Crippen LogP contribution in [0.5, 0.6) is 0 Å². The Morgan fingerprint density at radius 2 is 2.47 bits per heavy atom. The molecular formula is C13H20N2O4. The maximum atomic E-state index is 10.9. The van der Waals surface area contributed by atoms with E-state index in [4.69, 9.17) is 14.3 Å². The highest BCUT2D eigenvalue weighted by atomic mass is 16.5. The van der Waals surface area contributed by atoms with E-state index in [9.17, 15) is 4.79 Å². The van der Waals surface area contributed by atoms with Gasteiger partial charge in [0, 0.05) is 31.7 Å². The van der Waals surface area contributed by atoms with Crippen LogP contribution in [0.3, 0.4) is 0 Å². The van der Waals surface area contributed by atoms with Crippen LogP contribution < -0.4 is 5.32 Å². The van der Waals surface area contributed by atoms with Crippen LogP contribution in [0, 0.1) is 0 Å². The fraction of sp³-hybridized carbons (Fsp3) is 0.615. The average molecular weight is 268 g/mol. The molecular weight excluding hydrogens is 248 g/mol. The van der Waals surface area contributed by atoms with E-state index in [0.717, 1.165) is 26.2 Å². The second-order valence-corrected chi connectivity index (χ2v) is 4.60. The number of rotatable bonds is 6. The fourth-order valence-electron chi connectivity index (χ4n) is 2.22. The van der Waals surface area contributed by atoms with Gasteiger partial charge in [-0.25, -0.2) is 4.79 Å². The number of furan rings is 1. The highest BCUT2D eigenvalue weighted by molar-refractivity contribution is 5.86. The number of nitrogens with zero attached hydrogens (tertiary/aromatic N) is 1. The molecule has 0 bridgehead atoms. The predicted octanol–water partition coefficient (Wildman–Crippen LogP) is 0.788. The van der Waals surface area contributed by atoms with Crippen LogP contribution in [0.15, 0.2) is 16.7 Å². The number of carbonyl (C=O) groups is 1. The van der Waals surface area contributed by atoms with Gasteiger partial charge in [-0.3, -0.25) is 4.90 Å². The second-order valence-electron chi connectivity index (χ2n) is 4.60.